The summed E-state index contributed by atoms with van der Waals surface area (Å²) in [4.78, 5) is 2.24. The summed E-state index contributed by atoms with van der Waals surface area (Å²) >= 11 is 0. The molecule has 0 aromatic heterocycles. The van der Waals surface area contributed by atoms with E-state index in [9.17, 15) is 5.26 Å². The van der Waals surface area contributed by atoms with Crippen LogP contribution >= 0.6 is 0 Å². The lowest BCUT2D eigenvalue weighted by Gasteiger charge is -2.29. The van der Waals surface area contributed by atoms with Crippen LogP contribution in [0, 0.1) is 11.3 Å². The molecule has 0 saturated heterocycles. The Hall–Kier alpha value is -3.29. The summed E-state index contributed by atoms with van der Waals surface area (Å²) in [5.41, 5.74) is 3.94. The van der Waals surface area contributed by atoms with Crippen LogP contribution < -0.4 is 9.47 Å². The van der Waals surface area contributed by atoms with Crippen molar-refractivity contribution < 1.29 is 9.47 Å². The summed E-state index contributed by atoms with van der Waals surface area (Å²) in [5, 5.41) is 9.29. The van der Waals surface area contributed by atoms with Crippen LogP contribution in [-0.4, -0.2) is 31.2 Å². The number of nitriles is 1. The van der Waals surface area contributed by atoms with Gasteiger partial charge in [-0.2, -0.15) is 5.26 Å². The number of nitrogens with zero attached hydrogens (tertiary/aromatic N) is 2. The summed E-state index contributed by atoms with van der Waals surface area (Å²) in [5.74, 6) is 1.63. The van der Waals surface area contributed by atoms with Crippen LogP contribution in [0.1, 0.15) is 11.1 Å². The number of fused-ring (bicyclic) bond motifs is 1. The number of hydrogen-bond acceptors (Lipinski definition) is 4. The van der Waals surface area contributed by atoms with Crippen LogP contribution in [0.4, 0.5) is 0 Å². The van der Waals surface area contributed by atoms with E-state index in [2.05, 4.69) is 42.3 Å². The van der Waals surface area contributed by atoms with Crippen LogP contribution in [0.25, 0.3) is 11.1 Å². The Balaban J connectivity index is 1.38. The lowest BCUT2D eigenvalue weighted by Crippen LogP contribution is -2.39. The van der Waals surface area contributed by atoms with E-state index in [-0.39, 0.29) is 6.10 Å². The highest BCUT2D eigenvalue weighted by molar-refractivity contribution is 5.70. The molecule has 3 aromatic rings. The number of rotatable bonds is 5. The molecule has 0 spiro atoms. The van der Waals surface area contributed by atoms with Crippen molar-refractivity contribution in [3.8, 4) is 28.7 Å². The van der Waals surface area contributed by atoms with E-state index in [0.717, 1.165) is 35.7 Å². The second-order valence-electron chi connectivity index (χ2n) is 7.05. The molecule has 28 heavy (non-hydrogen) atoms. The number of hydrogen-bond donors (Lipinski definition) is 0. The second kappa shape index (κ2) is 8.16. The fourth-order valence-electron chi connectivity index (χ4n) is 3.50. The highest BCUT2D eigenvalue weighted by Crippen LogP contribution is 2.31. The molecule has 0 amide bonds. The third kappa shape index (κ3) is 4.00. The van der Waals surface area contributed by atoms with E-state index in [0.29, 0.717) is 12.2 Å². The van der Waals surface area contributed by atoms with Crippen molar-refractivity contribution in [2.24, 2.45) is 0 Å². The molecule has 4 nitrogen and oxygen atoms in total. The molecule has 1 atom stereocenters. The van der Waals surface area contributed by atoms with Gasteiger partial charge in [0.05, 0.1) is 11.6 Å². The maximum atomic E-state index is 9.29. The zero-order valence-corrected chi connectivity index (χ0v) is 15.8. The minimum atomic E-state index is 0.0154. The van der Waals surface area contributed by atoms with Crippen molar-refractivity contribution in [3.63, 3.8) is 0 Å². The molecule has 0 saturated carbocycles. The van der Waals surface area contributed by atoms with E-state index in [1.807, 2.05) is 48.5 Å². The largest absolute Gasteiger partial charge is 0.486 e. The fraction of sp³-hybridized carbons (Fsp3) is 0.208. The molecule has 0 fully saturated rings. The van der Waals surface area contributed by atoms with Gasteiger partial charge in [0.2, 0.25) is 0 Å². The molecule has 0 unspecified atom stereocenters. The Labute approximate surface area is 165 Å². The molecular formula is C24H22N2O2. The Morgan fingerprint density at radius 1 is 0.964 bits per heavy atom. The van der Waals surface area contributed by atoms with Gasteiger partial charge in [-0.1, -0.05) is 54.6 Å². The molecule has 0 bridgehead atoms. The maximum Gasteiger partial charge on any atom is 0.161 e. The van der Waals surface area contributed by atoms with E-state index >= 15 is 0 Å². The summed E-state index contributed by atoms with van der Waals surface area (Å²) < 4.78 is 11.8. The average Bonchev–Trinajstić information content (AvgIpc) is 2.74. The molecule has 1 aliphatic heterocycles. The third-order valence-electron chi connectivity index (χ3n) is 4.85. The van der Waals surface area contributed by atoms with Crippen molar-refractivity contribution in [2.75, 3.05) is 20.2 Å². The molecule has 140 valence electrons. The molecule has 0 N–H and O–H groups in total. The predicted octanol–water partition coefficient (Wildman–Crippen LogP) is 4.50. The topological polar surface area (TPSA) is 45.5 Å². The molecule has 4 heteroatoms. The van der Waals surface area contributed by atoms with Gasteiger partial charge in [-0.05, 0) is 41.9 Å². The first-order chi connectivity index (χ1) is 13.7. The predicted molar refractivity (Wildman–Crippen MR) is 109 cm³/mol. The standard InChI is InChI=1S/C24H22N2O2/c1-26(16-21-17-27-23-8-4-5-9-24(23)28-21)15-18-10-12-19(13-11-18)22-7-3-2-6-20(22)14-25/h2-13,21H,15-17H2,1H3/t21-/m1/s1. The maximum absolute atomic E-state index is 9.29. The van der Waals surface area contributed by atoms with Crippen molar-refractivity contribution in [3.05, 3.63) is 83.9 Å². The first-order valence-corrected chi connectivity index (χ1v) is 9.38. The Kier molecular flexibility index (Phi) is 5.27. The van der Waals surface area contributed by atoms with Crippen LogP contribution in [0.3, 0.4) is 0 Å². The van der Waals surface area contributed by atoms with Gasteiger partial charge in [0.25, 0.3) is 0 Å². The number of para-hydroxylation sites is 2. The minimum absolute atomic E-state index is 0.0154. The average molecular weight is 370 g/mol. The summed E-state index contributed by atoms with van der Waals surface area (Å²) in [6.07, 6.45) is 0.0154. The van der Waals surface area contributed by atoms with Crippen LogP contribution in [0.15, 0.2) is 72.8 Å². The van der Waals surface area contributed by atoms with Gasteiger partial charge >= 0.3 is 0 Å². The van der Waals surface area contributed by atoms with E-state index in [4.69, 9.17) is 9.47 Å². The molecular weight excluding hydrogens is 348 g/mol. The first kappa shape index (κ1) is 18.1. The van der Waals surface area contributed by atoms with Crippen LogP contribution in [0.2, 0.25) is 0 Å². The van der Waals surface area contributed by atoms with Gasteiger partial charge in [-0.3, -0.25) is 4.90 Å². The molecule has 0 radical (unpaired) electrons. The zero-order valence-electron chi connectivity index (χ0n) is 15.8. The smallest absolute Gasteiger partial charge is 0.161 e. The quantitative estimate of drug-likeness (QED) is 0.663. The highest BCUT2D eigenvalue weighted by atomic mass is 16.6. The highest BCUT2D eigenvalue weighted by Gasteiger charge is 2.21. The molecule has 4 rings (SSSR count). The van der Waals surface area contributed by atoms with Crippen LogP contribution in [0.5, 0.6) is 11.5 Å². The van der Waals surface area contributed by atoms with Gasteiger partial charge in [-0.15, -0.1) is 0 Å². The number of benzene rings is 3. The number of likely N-dealkylation sites (N-methyl/N-ethyl adjacent to an activating group) is 1. The summed E-state index contributed by atoms with van der Waals surface area (Å²) in [7, 11) is 2.09. The molecule has 1 aliphatic rings. The summed E-state index contributed by atoms with van der Waals surface area (Å²) in [6, 6.07) is 26.1. The van der Waals surface area contributed by atoms with Crippen molar-refractivity contribution in [1.82, 2.24) is 4.90 Å². The first-order valence-electron chi connectivity index (χ1n) is 9.38. The van der Waals surface area contributed by atoms with Crippen LogP contribution in [-0.2, 0) is 6.54 Å². The molecule has 0 aliphatic carbocycles. The minimum Gasteiger partial charge on any atom is -0.486 e. The summed E-state index contributed by atoms with van der Waals surface area (Å²) in [6.45, 7) is 2.17. The number of ether oxygens (including phenoxy) is 2. The molecule has 1 heterocycles. The normalized spacial score (nSPS) is 15.2. The van der Waals surface area contributed by atoms with Crippen molar-refractivity contribution in [2.45, 2.75) is 12.6 Å². The lowest BCUT2D eigenvalue weighted by atomic mass is 9.99. The van der Waals surface area contributed by atoms with E-state index in [1.54, 1.807) is 0 Å². The molecule has 3 aromatic carbocycles. The lowest BCUT2D eigenvalue weighted by molar-refractivity contribution is 0.0638. The Bertz CT molecular complexity index is 992. The van der Waals surface area contributed by atoms with Gasteiger partial charge < -0.3 is 9.47 Å². The second-order valence-corrected chi connectivity index (χ2v) is 7.05. The zero-order chi connectivity index (χ0) is 19.3. The fourth-order valence-corrected chi connectivity index (χ4v) is 3.50. The van der Waals surface area contributed by atoms with E-state index in [1.165, 1.54) is 5.56 Å². The van der Waals surface area contributed by atoms with Gasteiger partial charge in [0.15, 0.2) is 11.5 Å². The Morgan fingerprint density at radius 3 is 2.46 bits per heavy atom. The SMILES string of the molecule is CN(Cc1ccc(-c2ccccc2C#N)cc1)C[C@@H]1COc2ccccc2O1. The van der Waals surface area contributed by atoms with Gasteiger partial charge in [-0.25, -0.2) is 0 Å². The van der Waals surface area contributed by atoms with Gasteiger partial charge in [0.1, 0.15) is 12.7 Å². The van der Waals surface area contributed by atoms with Gasteiger partial charge in [0, 0.05) is 13.1 Å². The van der Waals surface area contributed by atoms with E-state index < -0.39 is 0 Å². The van der Waals surface area contributed by atoms with Crippen molar-refractivity contribution in [1.29, 1.82) is 5.26 Å². The van der Waals surface area contributed by atoms with Crippen molar-refractivity contribution >= 4 is 0 Å². The third-order valence-corrected chi connectivity index (χ3v) is 4.85. The monoisotopic (exact) mass is 370 g/mol. The Morgan fingerprint density at radius 2 is 1.68 bits per heavy atom.